The molecule has 0 aliphatic carbocycles. The van der Waals surface area contributed by atoms with Gasteiger partial charge in [-0.2, -0.15) is 14.6 Å². The quantitative estimate of drug-likeness (QED) is 0.572. The molecule has 4 rings (SSSR count). The standard InChI is InChI=1S/C17H13FN4O/c1-11-16(23)19-17-21(10-12-6-2-3-7-13(12)18)14-8-4-5-9-15(14)22(17)20-11/h2-9H,10H2,1H3. The van der Waals surface area contributed by atoms with Gasteiger partial charge in [0.05, 0.1) is 17.6 Å². The Morgan fingerprint density at radius 1 is 1.04 bits per heavy atom. The van der Waals surface area contributed by atoms with Crippen molar-refractivity contribution in [3.8, 4) is 0 Å². The van der Waals surface area contributed by atoms with Crippen LogP contribution in [0.1, 0.15) is 11.3 Å². The highest BCUT2D eigenvalue weighted by molar-refractivity contribution is 5.80. The average molecular weight is 308 g/mol. The highest BCUT2D eigenvalue weighted by atomic mass is 19.1. The molecule has 0 radical (unpaired) electrons. The number of imidazole rings is 1. The minimum Gasteiger partial charge on any atom is -0.304 e. The van der Waals surface area contributed by atoms with Crippen molar-refractivity contribution in [3.63, 3.8) is 0 Å². The number of nitrogens with zero attached hydrogens (tertiary/aromatic N) is 4. The number of aromatic nitrogens is 4. The van der Waals surface area contributed by atoms with E-state index >= 15 is 0 Å². The number of hydrogen-bond donors (Lipinski definition) is 0. The molecule has 0 bridgehead atoms. The van der Waals surface area contributed by atoms with E-state index in [1.807, 2.05) is 28.8 Å². The third kappa shape index (κ3) is 2.11. The van der Waals surface area contributed by atoms with Crippen LogP contribution in [0, 0.1) is 12.7 Å². The first-order chi connectivity index (χ1) is 11.1. The van der Waals surface area contributed by atoms with E-state index in [4.69, 9.17) is 0 Å². The molecular weight excluding hydrogens is 295 g/mol. The van der Waals surface area contributed by atoms with Crippen LogP contribution in [0.3, 0.4) is 0 Å². The molecule has 0 N–H and O–H groups in total. The summed E-state index contributed by atoms with van der Waals surface area (Å²) in [6.45, 7) is 1.91. The zero-order valence-electron chi connectivity index (χ0n) is 12.4. The minimum atomic E-state index is -0.373. The molecule has 5 nitrogen and oxygen atoms in total. The summed E-state index contributed by atoms with van der Waals surface area (Å²) >= 11 is 0. The summed E-state index contributed by atoms with van der Waals surface area (Å²) in [5.74, 6) is 0.121. The average Bonchev–Trinajstić information content (AvgIpc) is 2.84. The fraction of sp³-hybridized carbons (Fsp3) is 0.118. The lowest BCUT2D eigenvalue weighted by Gasteiger charge is -2.06. The van der Waals surface area contributed by atoms with E-state index < -0.39 is 0 Å². The van der Waals surface area contributed by atoms with Crippen molar-refractivity contribution in [3.05, 3.63) is 76.0 Å². The Bertz CT molecular complexity index is 1100. The van der Waals surface area contributed by atoms with Crippen molar-refractivity contribution in [1.82, 2.24) is 19.2 Å². The Hall–Kier alpha value is -3.02. The zero-order valence-corrected chi connectivity index (χ0v) is 12.4. The molecule has 4 aromatic rings. The normalized spacial score (nSPS) is 11.4. The molecule has 0 saturated heterocycles. The number of fused-ring (bicyclic) bond motifs is 3. The Kier molecular flexibility index (Phi) is 2.97. The van der Waals surface area contributed by atoms with Gasteiger partial charge >= 0.3 is 0 Å². The van der Waals surface area contributed by atoms with Crippen LogP contribution in [0.15, 0.2) is 53.3 Å². The SMILES string of the molecule is Cc1nn2c3ccccc3n(Cc3ccccc3F)c2nc1=O. The molecule has 0 saturated carbocycles. The summed E-state index contributed by atoms with van der Waals surface area (Å²) in [5.41, 5.74) is 2.17. The molecule has 2 aromatic carbocycles. The van der Waals surface area contributed by atoms with Gasteiger partial charge in [-0.05, 0) is 25.1 Å². The molecule has 2 aromatic heterocycles. The van der Waals surface area contributed by atoms with Crippen molar-refractivity contribution in [2.75, 3.05) is 0 Å². The van der Waals surface area contributed by atoms with Crippen LogP contribution in [-0.2, 0) is 6.54 Å². The first-order valence-electron chi connectivity index (χ1n) is 7.23. The summed E-state index contributed by atoms with van der Waals surface area (Å²) < 4.78 is 17.4. The summed E-state index contributed by atoms with van der Waals surface area (Å²) in [5, 5.41) is 4.32. The van der Waals surface area contributed by atoms with Gasteiger partial charge in [0.15, 0.2) is 0 Å². The number of rotatable bonds is 2. The molecule has 0 amide bonds. The van der Waals surface area contributed by atoms with Gasteiger partial charge in [0.2, 0.25) is 5.78 Å². The molecule has 114 valence electrons. The maximum absolute atomic E-state index is 14.0. The van der Waals surface area contributed by atoms with Gasteiger partial charge in [-0.25, -0.2) is 4.39 Å². The predicted molar refractivity (Wildman–Crippen MR) is 85.0 cm³/mol. The van der Waals surface area contributed by atoms with Crippen LogP contribution >= 0.6 is 0 Å². The molecule has 0 unspecified atom stereocenters. The van der Waals surface area contributed by atoms with Crippen LogP contribution in [0.5, 0.6) is 0 Å². The molecule has 0 spiro atoms. The molecule has 0 aliphatic heterocycles. The van der Waals surface area contributed by atoms with Gasteiger partial charge in [-0.3, -0.25) is 4.79 Å². The minimum absolute atomic E-state index is 0.279. The Balaban J connectivity index is 2.05. The molecule has 23 heavy (non-hydrogen) atoms. The van der Waals surface area contributed by atoms with Crippen molar-refractivity contribution < 1.29 is 4.39 Å². The van der Waals surface area contributed by atoms with Gasteiger partial charge in [0.25, 0.3) is 5.56 Å². The van der Waals surface area contributed by atoms with E-state index in [2.05, 4.69) is 10.1 Å². The second-order valence-electron chi connectivity index (χ2n) is 5.38. The number of halogens is 1. The number of aryl methyl sites for hydroxylation is 1. The molecule has 0 atom stereocenters. The van der Waals surface area contributed by atoms with Gasteiger partial charge in [0.1, 0.15) is 11.5 Å². The highest BCUT2D eigenvalue weighted by Crippen LogP contribution is 2.20. The van der Waals surface area contributed by atoms with Crippen LogP contribution in [0.2, 0.25) is 0 Å². The molecule has 0 aliphatic rings. The molecular formula is C17H13FN4O. The van der Waals surface area contributed by atoms with Gasteiger partial charge in [-0.1, -0.05) is 30.3 Å². The van der Waals surface area contributed by atoms with Crippen molar-refractivity contribution in [2.45, 2.75) is 13.5 Å². The third-order valence-corrected chi connectivity index (χ3v) is 3.88. The lowest BCUT2D eigenvalue weighted by molar-refractivity contribution is 0.602. The van der Waals surface area contributed by atoms with E-state index in [1.165, 1.54) is 6.07 Å². The molecule has 6 heteroatoms. The van der Waals surface area contributed by atoms with Gasteiger partial charge in [-0.15, -0.1) is 0 Å². The first kappa shape index (κ1) is 13.6. The Morgan fingerprint density at radius 3 is 2.52 bits per heavy atom. The zero-order chi connectivity index (χ0) is 16.0. The van der Waals surface area contributed by atoms with E-state index in [9.17, 15) is 9.18 Å². The topological polar surface area (TPSA) is 52.2 Å². The van der Waals surface area contributed by atoms with Gasteiger partial charge in [0, 0.05) is 5.56 Å². The van der Waals surface area contributed by atoms with E-state index in [0.717, 1.165) is 11.0 Å². The summed E-state index contributed by atoms with van der Waals surface area (Å²) in [6, 6.07) is 14.2. The van der Waals surface area contributed by atoms with Gasteiger partial charge < -0.3 is 4.57 Å². The van der Waals surface area contributed by atoms with E-state index in [0.29, 0.717) is 17.0 Å². The summed E-state index contributed by atoms with van der Waals surface area (Å²) in [6.07, 6.45) is 0. The third-order valence-electron chi connectivity index (χ3n) is 3.88. The maximum Gasteiger partial charge on any atom is 0.296 e. The maximum atomic E-state index is 14.0. The number of hydrogen-bond acceptors (Lipinski definition) is 3. The first-order valence-corrected chi connectivity index (χ1v) is 7.23. The smallest absolute Gasteiger partial charge is 0.296 e. The monoisotopic (exact) mass is 308 g/mol. The number of para-hydroxylation sites is 2. The van der Waals surface area contributed by atoms with Crippen molar-refractivity contribution in [2.24, 2.45) is 0 Å². The fourth-order valence-corrected chi connectivity index (χ4v) is 2.72. The predicted octanol–water partition coefficient (Wildman–Crippen LogP) is 2.54. The summed E-state index contributed by atoms with van der Waals surface area (Å²) in [7, 11) is 0. The lowest BCUT2D eigenvalue weighted by atomic mass is 10.2. The van der Waals surface area contributed by atoms with Crippen LogP contribution in [0.4, 0.5) is 4.39 Å². The van der Waals surface area contributed by atoms with Crippen LogP contribution < -0.4 is 5.56 Å². The fourth-order valence-electron chi connectivity index (χ4n) is 2.72. The summed E-state index contributed by atoms with van der Waals surface area (Å²) in [4.78, 5) is 16.0. The van der Waals surface area contributed by atoms with E-state index in [-0.39, 0.29) is 17.9 Å². The van der Waals surface area contributed by atoms with Crippen molar-refractivity contribution in [1.29, 1.82) is 0 Å². The van der Waals surface area contributed by atoms with Crippen LogP contribution in [-0.4, -0.2) is 19.2 Å². The second-order valence-corrected chi connectivity index (χ2v) is 5.38. The molecule has 0 fully saturated rings. The Labute approximate surface area is 130 Å². The Morgan fingerprint density at radius 2 is 1.74 bits per heavy atom. The number of benzene rings is 2. The largest absolute Gasteiger partial charge is 0.304 e. The second kappa shape index (κ2) is 5.01. The van der Waals surface area contributed by atoms with Crippen LogP contribution in [0.25, 0.3) is 16.8 Å². The lowest BCUT2D eigenvalue weighted by Crippen LogP contribution is -2.17. The molecule has 2 heterocycles. The highest BCUT2D eigenvalue weighted by Gasteiger charge is 2.15. The van der Waals surface area contributed by atoms with Crippen molar-refractivity contribution >= 4 is 16.8 Å². The van der Waals surface area contributed by atoms with E-state index in [1.54, 1.807) is 29.6 Å².